The molecule has 2 aliphatic heterocycles. The third-order valence-electron chi connectivity index (χ3n) is 2.76. The lowest BCUT2D eigenvalue weighted by Crippen LogP contribution is -2.54. The minimum Gasteiger partial charge on any atom is -0.375 e. The number of hydroxylamine groups is 2. The lowest BCUT2D eigenvalue weighted by atomic mass is 10.2. The highest BCUT2D eigenvalue weighted by Gasteiger charge is 2.41. The van der Waals surface area contributed by atoms with E-state index >= 15 is 0 Å². The van der Waals surface area contributed by atoms with Gasteiger partial charge in [0.2, 0.25) is 0 Å². The highest BCUT2D eigenvalue weighted by atomic mass is 32.2. The van der Waals surface area contributed by atoms with Gasteiger partial charge in [-0.15, -0.1) is 5.06 Å². The van der Waals surface area contributed by atoms with Crippen molar-refractivity contribution in [1.82, 2.24) is 9.96 Å². The molecule has 0 amide bonds. The van der Waals surface area contributed by atoms with E-state index in [1.807, 2.05) is 5.06 Å². The SMILES string of the molecule is CN1CCN(OC(N)=S)C(C[S+]2CC2)C1. The Labute approximate surface area is 99.0 Å². The van der Waals surface area contributed by atoms with Crippen LogP contribution in [0.2, 0.25) is 0 Å². The summed E-state index contributed by atoms with van der Waals surface area (Å²) in [7, 11) is 2.81. The lowest BCUT2D eigenvalue weighted by molar-refractivity contribution is -0.128. The van der Waals surface area contributed by atoms with Crippen molar-refractivity contribution in [1.29, 1.82) is 0 Å². The first kappa shape index (κ1) is 11.4. The molecular weight excluding hydrogens is 230 g/mol. The van der Waals surface area contributed by atoms with Crippen LogP contribution < -0.4 is 5.73 Å². The van der Waals surface area contributed by atoms with Gasteiger partial charge in [-0.1, -0.05) is 0 Å². The Morgan fingerprint density at radius 3 is 2.87 bits per heavy atom. The van der Waals surface area contributed by atoms with Crippen LogP contribution in [-0.2, 0) is 15.7 Å². The first-order valence-corrected chi connectivity index (χ1v) is 7.36. The third-order valence-corrected chi connectivity index (χ3v) is 4.68. The van der Waals surface area contributed by atoms with Gasteiger partial charge < -0.3 is 15.5 Å². The summed E-state index contributed by atoms with van der Waals surface area (Å²) in [6.45, 7) is 2.98. The first-order valence-electron chi connectivity index (χ1n) is 5.22. The monoisotopic (exact) mass is 248 g/mol. The fraction of sp³-hybridized carbons (Fsp3) is 0.889. The Morgan fingerprint density at radius 2 is 2.27 bits per heavy atom. The summed E-state index contributed by atoms with van der Waals surface area (Å²) in [5.74, 6) is 4.05. The molecule has 0 aromatic rings. The number of piperazine rings is 1. The van der Waals surface area contributed by atoms with Crippen LogP contribution in [0, 0.1) is 0 Å². The van der Waals surface area contributed by atoms with Gasteiger partial charge in [-0.3, -0.25) is 0 Å². The fourth-order valence-electron chi connectivity index (χ4n) is 1.86. The maximum absolute atomic E-state index is 5.42. The van der Waals surface area contributed by atoms with E-state index in [1.54, 1.807) is 0 Å². The second kappa shape index (κ2) is 4.86. The van der Waals surface area contributed by atoms with Gasteiger partial charge in [-0.05, 0) is 30.2 Å². The van der Waals surface area contributed by atoms with E-state index in [2.05, 4.69) is 11.9 Å². The summed E-state index contributed by atoms with van der Waals surface area (Å²) in [5, 5.41) is 2.12. The van der Waals surface area contributed by atoms with E-state index in [4.69, 9.17) is 22.8 Å². The molecule has 0 aromatic carbocycles. The average molecular weight is 248 g/mol. The number of hydrogen-bond donors (Lipinski definition) is 1. The lowest BCUT2D eigenvalue weighted by Gasteiger charge is -2.36. The van der Waals surface area contributed by atoms with Gasteiger partial charge in [0, 0.05) is 19.6 Å². The molecule has 15 heavy (non-hydrogen) atoms. The van der Waals surface area contributed by atoms with E-state index < -0.39 is 0 Å². The van der Waals surface area contributed by atoms with Crippen molar-refractivity contribution in [2.45, 2.75) is 6.04 Å². The normalized spacial score (nSPS) is 29.0. The third kappa shape index (κ3) is 3.48. The van der Waals surface area contributed by atoms with Gasteiger partial charge in [0.25, 0.3) is 5.17 Å². The Balaban J connectivity index is 1.89. The molecule has 1 atom stereocenters. The van der Waals surface area contributed by atoms with Crippen molar-refractivity contribution in [3.63, 3.8) is 0 Å². The summed E-state index contributed by atoms with van der Waals surface area (Å²) in [6, 6.07) is 0.469. The van der Waals surface area contributed by atoms with Crippen LogP contribution in [0.25, 0.3) is 0 Å². The van der Waals surface area contributed by atoms with Crippen molar-refractivity contribution < 1.29 is 4.84 Å². The van der Waals surface area contributed by atoms with Crippen LogP contribution in [0.3, 0.4) is 0 Å². The second-order valence-corrected chi connectivity index (χ2v) is 6.93. The van der Waals surface area contributed by atoms with Gasteiger partial charge in [-0.2, -0.15) is 0 Å². The largest absolute Gasteiger partial charge is 0.375 e. The molecule has 0 aromatic heterocycles. The molecular formula is C9H18N3OS2+. The Hall–Kier alpha value is -0.0400. The summed E-state index contributed by atoms with van der Waals surface area (Å²) < 4.78 is 0. The maximum atomic E-state index is 5.42. The first-order chi connectivity index (χ1) is 7.15. The zero-order valence-electron chi connectivity index (χ0n) is 9.02. The van der Waals surface area contributed by atoms with Gasteiger partial charge in [0.1, 0.15) is 11.8 Å². The molecule has 4 nitrogen and oxygen atoms in total. The molecule has 2 saturated heterocycles. The summed E-state index contributed by atoms with van der Waals surface area (Å²) >= 11 is 4.79. The van der Waals surface area contributed by atoms with Gasteiger partial charge >= 0.3 is 0 Å². The predicted molar refractivity (Wildman–Crippen MR) is 67.8 cm³/mol. The Morgan fingerprint density at radius 1 is 1.53 bits per heavy atom. The summed E-state index contributed by atoms with van der Waals surface area (Å²) in [4.78, 5) is 7.75. The molecule has 2 heterocycles. The zero-order valence-corrected chi connectivity index (χ0v) is 10.6. The van der Waals surface area contributed by atoms with Crippen LogP contribution in [0.4, 0.5) is 0 Å². The number of hydrogen-bond acceptors (Lipinski definition) is 4. The molecule has 0 saturated carbocycles. The predicted octanol–water partition coefficient (Wildman–Crippen LogP) is -0.590. The van der Waals surface area contributed by atoms with E-state index in [1.165, 1.54) is 17.3 Å². The number of thiocarbonyl (C=S) groups is 1. The molecule has 2 fully saturated rings. The van der Waals surface area contributed by atoms with Gasteiger partial charge in [0.05, 0.1) is 0 Å². The molecule has 6 heteroatoms. The van der Waals surface area contributed by atoms with Crippen LogP contribution in [0.5, 0.6) is 0 Å². The molecule has 2 rings (SSSR count). The minimum atomic E-state index is 0.142. The minimum absolute atomic E-state index is 0.142. The van der Waals surface area contributed by atoms with Crippen molar-refractivity contribution in [3.8, 4) is 0 Å². The summed E-state index contributed by atoms with van der Waals surface area (Å²) in [6.07, 6.45) is 0. The molecule has 0 bridgehead atoms. The Bertz CT molecular complexity index is 246. The van der Waals surface area contributed by atoms with Crippen LogP contribution >= 0.6 is 12.2 Å². The topological polar surface area (TPSA) is 41.7 Å². The molecule has 1 unspecified atom stereocenters. The molecule has 2 N–H and O–H groups in total. The molecule has 0 aliphatic carbocycles. The standard InChI is InChI=1S/C9H17N3OS2/c1-11-2-3-12(13-9(10)14)8(6-11)7-15-4-5-15/h8H,2-7H2,1H3,(H-,10,14)/p+1. The second-order valence-electron chi connectivity index (χ2n) is 4.15. The number of likely N-dealkylation sites (N-methyl/N-ethyl adjacent to an activating group) is 1. The number of rotatable bonds is 3. The fourth-order valence-corrected chi connectivity index (χ4v) is 3.58. The average Bonchev–Trinajstić information content (AvgIpc) is 2.93. The number of nitrogens with zero attached hydrogens (tertiary/aromatic N) is 2. The zero-order chi connectivity index (χ0) is 10.8. The molecule has 0 radical (unpaired) electrons. The van der Waals surface area contributed by atoms with Crippen LogP contribution in [-0.4, -0.2) is 65.1 Å². The van der Waals surface area contributed by atoms with Crippen molar-refractivity contribution >= 4 is 28.3 Å². The molecule has 0 spiro atoms. The van der Waals surface area contributed by atoms with Gasteiger partial charge in [0.15, 0.2) is 11.5 Å². The van der Waals surface area contributed by atoms with Gasteiger partial charge in [-0.25, -0.2) is 0 Å². The van der Waals surface area contributed by atoms with E-state index in [0.717, 1.165) is 19.6 Å². The highest BCUT2D eigenvalue weighted by Crippen LogP contribution is 2.19. The van der Waals surface area contributed by atoms with Crippen LogP contribution in [0.1, 0.15) is 0 Å². The van der Waals surface area contributed by atoms with Crippen LogP contribution in [0.15, 0.2) is 0 Å². The van der Waals surface area contributed by atoms with Crippen molar-refractivity contribution in [2.75, 3.05) is 43.9 Å². The quantitative estimate of drug-likeness (QED) is 0.411. The smallest absolute Gasteiger partial charge is 0.276 e. The molecule has 86 valence electrons. The van der Waals surface area contributed by atoms with E-state index in [0.29, 0.717) is 16.9 Å². The van der Waals surface area contributed by atoms with E-state index in [9.17, 15) is 0 Å². The highest BCUT2D eigenvalue weighted by molar-refractivity contribution is 8.03. The summed E-state index contributed by atoms with van der Waals surface area (Å²) in [5.41, 5.74) is 5.42. The van der Waals surface area contributed by atoms with E-state index in [-0.39, 0.29) is 5.17 Å². The van der Waals surface area contributed by atoms with Crippen molar-refractivity contribution in [3.05, 3.63) is 0 Å². The maximum Gasteiger partial charge on any atom is 0.276 e. The Kier molecular flexibility index (Phi) is 3.71. The molecule has 2 aliphatic rings. The van der Waals surface area contributed by atoms with Crippen molar-refractivity contribution in [2.24, 2.45) is 5.73 Å². The number of nitrogens with two attached hydrogens (primary N) is 1.